The first-order valence-electron chi connectivity index (χ1n) is 13.6. The number of hydrogen-bond acceptors (Lipinski definition) is 6. The molecule has 10 nitrogen and oxygen atoms in total. The normalized spacial score (nSPS) is 14.7. The molecule has 0 bridgehead atoms. The highest BCUT2D eigenvalue weighted by molar-refractivity contribution is 6.01. The third-order valence-corrected chi connectivity index (χ3v) is 7.48. The van der Waals surface area contributed by atoms with Crippen molar-refractivity contribution in [2.45, 2.75) is 58.0 Å². The molecular formula is C30H30N8O2. The highest BCUT2D eigenvalue weighted by Gasteiger charge is 2.27. The maximum Gasteiger partial charge on any atom is 0.262 e. The summed E-state index contributed by atoms with van der Waals surface area (Å²) >= 11 is 0. The van der Waals surface area contributed by atoms with Gasteiger partial charge in [0.2, 0.25) is 0 Å². The summed E-state index contributed by atoms with van der Waals surface area (Å²) in [6.45, 7) is 3.65. The van der Waals surface area contributed by atoms with Gasteiger partial charge >= 0.3 is 0 Å². The van der Waals surface area contributed by atoms with Crippen LogP contribution in [-0.2, 0) is 7.05 Å². The zero-order chi connectivity index (χ0) is 27.8. The van der Waals surface area contributed by atoms with Gasteiger partial charge in [-0.25, -0.2) is 14.5 Å². The van der Waals surface area contributed by atoms with Crippen LogP contribution in [0.25, 0.3) is 16.6 Å². The highest BCUT2D eigenvalue weighted by Crippen LogP contribution is 2.30. The first-order valence-corrected chi connectivity index (χ1v) is 13.6. The van der Waals surface area contributed by atoms with Crippen molar-refractivity contribution in [3.8, 4) is 11.8 Å². The summed E-state index contributed by atoms with van der Waals surface area (Å²) in [6.07, 6.45) is 11.9. The number of carbonyl (C=O) groups excluding carboxylic acids is 1. The van der Waals surface area contributed by atoms with Crippen molar-refractivity contribution in [2.75, 3.05) is 0 Å². The molecule has 4 heterocycles. The summed E-state index contributed by atoms with van der Waals surface area (Å²) in [5.41, 5.74) is 3.30. The lowest BCUT2D eigenvalue weighted by molar-refractivity contribution is 0.0937. The molecule has 1 N–H and O–H groups in total. The van der Waals surface area contributed by atoms with Crippen molar-refractivity contribution in [1.82, 2.24) is 39.2 Å². The molecule has 6 rings (SSSR count). The van der Waals surface area contributed by atoms with Crippen LogP contribution in [0.15, 0.2) is 53.8 Å². The summed E-state index contributed by atoms with van der Waals surface area (Å²) in [7, 11) is 1.84. The number of hydrogen-bond donors (Lipinski definition) is 1. The van der Waals surface area contributed by atoms with Crippen LogP contribution in [0.5, 0.6) is 0 Å². The molecule has 40 heavy (non-hydrogen) atoms. The molecule has 1 fully saturated rings. The molecule has 1 atom stereocenters. The summed E-state index contributed by atoms with van der Waals surface area (Å²) in [5, 5.41) is 12.2. The Morgan fingerprint density at radius 2 is 1.98 bits per heavy atom. The maximum absolute atomic E-state index is 14.2. The molecule has 1 aliphatic rings. The molecule has 0 spiro atoms. The quantitative estimate of drug-likeness (QED) is 0.350. The molecule has 0 radical (unpaired) electrons. The van der Waals surface area contributed by atoms with Crippen LogP contribution in [0, 0.1) is 18.8 Å². The lowest BCUT2D eigenvalue weighted by atomic mass is 9.94. The first kappa shape index (κ1) is 25.5. The van der Waals surface area contributed by atoms with E-state index >= 15 is 0 Å². The smallest absolute Gasteiger partial charge is 0.262 e. The molecule has 1 amide bonds. The van der Waals surface area contributed by atoms with Gasteiger partial charge in [-0.1, -0.05) is 37.2 Å². The van der Waals surface area contributed by atoms with Gasteiger partial charge in [-0.15, -0.1) is 0 Å². The monoisotopic (exact) mass is 534 g/mol. The van der Waals surface area contributed by atoms with Crippen molar-refractivity contribution in [3.63, 3.8) is 0 Å². The van der Waals surface area contributed by atoms with Crippen molar-refractivity contribution >= 4 is 22.5 Å². The largest absolute Gasteiger partial charge is 0.342 e. The fraction of sp³-hybridized carbons (Fsp3) is 0.333. The average Bonchev–Trinajstić information content (AvgIpc) is 3.53. The number of carbonyl (C=O) groups is 1. The van der Waals surface area contributed by atoms with E-state index in [0.717, 1.165) is 37.7 Å². The van der Waals surface area contributed by atoms with E-state index in [-0.39, 0.29) is 17.5 Å². The number of fused-ring (bicyclic) bond motifs is 2. The second-order valence-electron chi connectivity index (χ2n) is 10.3. The lowest BCUT2D eigenvalue weighted by Gasteiger charge is -2.28. The van der Waals surface area contributed by atoms with Crippen molar-refractivity contribution in [3.05, 3.63) is 87.6 Å². The zero-order valence-corrected chi connectivity index (χ0v) is 22.8. The second-order valence-corrected chi connectivity index (χ2v) is 10.3. The Morgan fingerprint density at radius 1 is 1.15 bits per heavy atom. The van der Waals surface area contributed by atoms with E-state index in [2.05, 4.69) is 32.3 Å². The van der Waals surface area contributed by atoms with E-state index in [1.807, 2.05) is 42.9 Å². The third kappa shape index (κ3) is 4.64. The number of rotatable bonds is 4. The average molecular weight is 535 g/mol. The molecule has 0 aliphatic heterocycles. The Kier molecular flexibility index (Phi) is 6.64. The van der Waals surface area contributed by atoms with Gasteiger partial charge in [0, 0.05) is 37.2 Å². The predicted octanol–water partition coefficient (Wildman–Crippen LogP) is 3.88. The number of aromatic nitrogens is 7. The number of benzene rings is 1. The Balaban J connectivity index is 1.44. The zero-order valence-electron chi connectivity index (χ0n) is 22.8. The van der Waals surface area contributed by atoms with Crippen LogP contribution >= 0.6 is 0 Å². The van der Waals surface area contributed by atoms with Crippen LogP contribution in [0.1, 0.15) is 84.1 Å². The van der Waals surface area contributed by atoms with Crippen molar-refractivity contribution in [2.24, 2.45) is 7.05 Å². The fourth-order valence-electron chi connectivity index (χ4n) is 5.58. The molecular weight excluding hydrogens is 504 g/mol. The molecule has 202 valence electrons. The summed E-state index contributed by atoms with van der Waals surface area (Å²) < 4.78 is 5.09. The summed E-state index contributed by atoms with van der Waals surface area (Å²) in [5.74, 6) is 6.52. The third-order valence-electron chi connectivity index (χ3n) is 7.48. The fourth-order valence-corrected chi connectivity index (χ4v) is 5.58. The second kappa shape index (κ2) is 10.4. The van der Waals surface area contributed by atoms with Gasteiger partial charge in [0.1, 0.15) is 11.4 Å². The van der Waals surface area contributed by atoms with Crippen LogP contribution in [0.3, 0.4) is 0 Å². The molecule has 1 unspecified atom stereocenters. The predicted molar refractivity (Wildman–Crippen MR) is 151 cm³/mol. The van der Waals surface area contributed by atoms with Gasteiger partial charge in [-0.2, -0.15) is 10.2 Å². The van der Waals surface area contributed by atoms with E-state index in [0.29, 0.717) is 39.2 Å². The van der Waals surface area contributed by atoms with E-state index < -0.39 is 6.04 Å². The molecule has 10 heteroatoms. The standard InChI is InChI=1S/C30H30N8O2/c1-19-25(28-31-15-8-16-37(28)35-19)29(39)33-20(2)27-34-24-12-7-9-22(14-13-21-17-32-36(3)18-21)26(24)30(40)38(27)23-10-5-4-6-11-23/h7-9,12,15-18,20,23H,4-6,10-11H2,1-3H3,(H,33,39). The van der Waals surface area contributed by atoms with Crippen molar-refractivity contribution < 1.29 is 4.79 Å². The van der Waals surface area contributed by atoms with Gasteiger partial charge < -0.3 is 5.32 Å². The number of nitrogens with one attached hydrogen (secondary N) is 1. The van der Waals surface area contributed by atoms with Gasteiger partial charge in [-0.05, 0) is 44.9 Å². The summed E-state index contributed by atoms with van der Waals surface area (Å²) in [4.78, 5) is 37.1. The SMILES string of the molecule is Cc1nn2cccnc2c1C(=O)NC(C)c1nc2cccc(C#Cc3cnn(C)c3)c2c(=O)n1C1CCCCC1. The minimum atomic E-state index is -0.533. The number of nitrogens with zero attached hydrogens (tertiary/aromatic N) is 7. The van der Waals surface area contributed by atoms with Crippen molar-refractivity contribution in [1.29, 1.82) is 0 Å². The van der Waals surface area contributed by atoms with E-state index in [1.54, 1.807) is 40.8 Å². The Hall–Kier alpha value is -4.78. The van der Waals surface area contributed by atoms with E-state index in [9.17, 15) is 9.59 Å². The Morgan fingerprint density at radius 3 is 2.75 bits per heavy atom. The van der Waals surface area contributed by atoms with Crippen LogP contribution in [0.4, 0.5) is 0 Å². The van der Waals surface area contributed by atoms with E-state index in [4.69, 9.17) is 4.98 Å². The first-order chi connectivity index (χ1) is 19.4. The van der Waals surface area contributed by atoms with Crippen LogP contribution in [0.2, 0.25) is 0 Å². The van der Waals surface area contributed by atoms with Crippen LogP contribution < -0.4 is 10.9 Å². The van der Waals surface area contributed by atoms with Gasteiger partial charge in [0.15, 0.2) is 5.65 Å². The van der Waals surface area contributed by atoms with Gasteiger partial charge in [0.05, 0.1) is 34.4 Å². The molecule has 1 aromatic carbocycles. The minimum absolute atomic E-state index is 0.00669. The highest BCUT2D eigenvalue weighted by atomic mass is 16.2. The minimum Gasteiger partial charge on any atom is -0.342 e. The molecule has 1 aliphatic carbocycles. The number of amides is 1. The molecule has 1 saturated carbocycles. The van der Waals surface area contributed by atoms with Crippen LogP contribution in [-0.4, -0.2) is 39.8 Å². The Labute approximate surface area is 231 Å². The summed E-state index contributed by atoms with van der Waals surface area (Å²) in [6, 6.07) is 6.78. The molecule has 0 saturated heterocycles. The van der Waals surface area contributed by atoms with E-state index in [1.165, 1.54) is 0 Å². The number of aryl methyl sites for hydroxylation is 2. The molecule has 4 aromatic heterocycles. The lowest BCUT2D eigenvalue weighted by Crippen LogP contribution is -2.36. The topological polar surface area (TPSA) is 112 Å². The Bertz CT molecular complexity index is 1860. The molecule has 5 aromatic rings. The van der Waals surface area contributed by atoms with Gasteiger partial charge in [0.25, 0.3) is 11.5 Å². The van der Waals surface area contributed by atoms with Gasteiger partial charge in [-0.3, -0.25) is 18.8 Å². The maximum atomic E-state index is 14.2.